The predicted octanol–water partition coefficient (Wildman–Crippen LogP) is 4.53. The molecule has 1 N–H and O–H groups in total. The molecule has 0 radical (unpaired) electrons. The van der Waals surface area contributed by atoms with E-state index < -0.39 is 0 Å². The molecule has 0 aliphatic heterocycles. The van der Waals surface area contributed by atoms with Crippen LogP contribution in [0.1, 0.15) is 12.5 Å². The van der Waals surface area contributed by atoms with E-state index in [0.717, 1.165) is 22.7 Å². The van der Waals surface area contributed by atoms with Crippen LogP contribution in [-0.4, -0.2) is 39.7 Å². The number of amides is 1. The summed E-state index contributed by atoms with van der Waals surface area (Å²) in [5.74, 6) is 1.45. The van der Waals surface area contributed by atoms with Gasteiger partial charge in [0.1, 0.15) is 5.75 Å². The molecule has 0 fully saturated rings. The highest BCUT2D eigenvalue weighted by molar-refractivity contribution is 7.99. The van der Waals surface area contributed by atoms with Crippen molar-refractivity contribution in [3.8, 4) is 17.1 Å². The Morgan fingerprint density at radius 2 is 2.00 bits per heavy atom. The fourth-order valence-electron chi connectivity index (χ4n) is 2.76. The quantitative estimate of drug-likeness (QED) is 0.291. The maximum atomic E-state index is 12.1. The summed E-state index contributed by atoms with van der Waals surface area (Å²) in [6, 6.07) is 15.0. The molecular weight excluding hydrogens is 434 g/mol. The van der Waals surface area contributed by atoms with Crippen LogP contribution in [0.15, 0.2) is 64.9 Å². The van der Waals surface area contributed by atoms with Gasteiger partial charge in [-0.2, -0.15) is 5.10 Å². The number of para-hydroxylation sites is 1. The van der Waals surface area contributed by atoms with Gasteiger partial charge in [0.2, 0.25) is 0 Å². The second-order valence-corrected chi connectivity index (χ2v) is 7.64. The summed E-state index contributed by atoms with van der Waals surface area (Å²) >= 11 is 7.26. The standard InChI is InChI=1S/C22H22ClN5O2S/c1-3-28-21(17-10-12-18(23)13-11-17)26-27-22(28)31-15-20(29)25-24-14-6-8-16-7-4-5-9-19(16)30-2/h4-14H,3,15H2,1-2H3,(H,25,29)/b8-6-,24-14-. The Morgan fingerprint density at radius 1 is 1.23 bits per heavy atom. The molecule has 2 aromatic carbocycles. The largest absolute Gasteiger partial charge is 0.496 e. The highest BCUT2D eigenvalue weighted by atomic mass is 35.5. The SMILES string of the molecule is CCn1c(SCC(=O)N/N=C\C=C/c2ccccc2OC)nnc1-c1ccc(Cl)cc1. The van der Waals surface area contributed by atoms with Crippen molar-refractivity contribution in [2.75, 3.05) is 12.9 Å². The fraction of sp³-hybridized carbons (Fsp3) is 0.182. The Hall–Kier alpha value is -3.10. The van der Waals surface area contributed by atoms with Gasteiger partial charge in [-0.25, -0.2) is 5.43 Å². The number of methoxy groups -OCH3 is 1. The first-order valence-corrected chi connectivity index (χ1v) is 10.9. The van der Waals surface area contributed by atoms with E-state index in [9.17, 15) is 4.79 Å². The van der Waals surface area contributed by atoms with E-state index >= 15 is 0 Å². The molecule has 0 aliphatic carbocycles. The van der Waals surface area contributed by atoms with Gasteiger partial charge in [0, 0.05) is 28.9 Å². The van der Waals surface area contributed by atoms with Crippen molar-refractivity contribution < 1.29 is 9.53 Å². The highest BCUT2D eigenvalue weighted by Crippen LogP contribution is 2.25. The Kier molecular flexibility index (Phi) is 8.26. The molecule has 1 aromatic heterocycles. The smallest absolute Gasteiger partial charge is 0.250 e. The second kappa shape index (κ2) is 11.3. The summed E-state index contributed by atoms with van der Waals surface area (Å²) in [7, 11) is 1.62. The van der Waals surface area contributed by atoms with E-state index in [1.54, 1.807) is 13.2 Å². The number of hydrogen-bond acceptors (Lipinski definition) is 6. The lowest BCUT2D eigenvalue weighted by atomic mass is 10.2. The number of hydrazone groups is 1. The third-order valence-corrected chi connectivity index (χ3v) is 5.45. The summed E-state index contributed by atoms with van der Waals surface area (Å²) in [5.41, 5.74) is 4.35. The number of thioether (sulfide) groups is 1. The third kappa shape index (κ3) is 6.19. The molecule has 31 heavy (non-hydrogen) atoms. The minimum absolute atomic E-state index is 0.173. The molecule has 0 aliphatic rings. The van der Waals surface area contributed by atoms with E-state index in [1.165, 1.54) is 18.0 Å². The number of allylic oxidation sites excluding steroid dienone is 1. The lowest BCUT2D eigenvalue weighted by Crippen LogP contribution is -2.19. The zero-order valence-corrected chi connectivity index (χ0v) is 18.7. The van der Waals surface area contributed by atoms with Gasteiger partial charge in [-0.05, 0) is 49.4 Å². The number of nitrogens with zero attached hydrogens (tertiary/aromatic N) is 4. The third-order valence-electron chi connectivity index (χ3n) is 4.23. The first-order valence-electron chi connectivity index (χ1n) is 9.56. The lowest BCUT2D eigenvalue weighted by Gasteiger charge is -2.07. The monoisotopic (exact) mass is 455 g/mol. The molecule has 160 valence electrons. The first-order chi connectivity index (χ1) is 15.1. The minimum atomic E-state index is -0.231. The Bertz CT molecular complexity index is 1080. The molecule has 0 bridgehead atoms. The molecule has 0 atom stereocenters. The van der Waals surface area contributed by atoms with Crippen LogP contribution in [-0.2, 0) is 11.3 Å². The maximum Gasteiger partial charge on any atom is 0.250 e. The molecule has 7 nitrogen and oxygen atoms in total. The topological polar surface area (TPSA) is 81.4 Å². The Balaban J connectivity index is 1.53. The van der Waals surface area contributed by atoms with Crippen LogP contribution in [0.3, 0.4) is 0 Å². The van der Waals surface area contributed by atoms with Gasteiger partial charge in [0.15, 0.2) is 11.0 Å². The van der Waals surface area contributed by atoms with Crippen LogP contribution in [0, 0.1) is 0 Å². The van der Waals surface area contributed by atoms with Crippen LogP contribution in [0.5, 0.6) is 5.75 Å². The van der Waals surface area contributed by atoms with Gasteiger partial charge in [0.25, 0.3) is 5.91 Å². The van der Waals surface area contributed by atoms with Gasteiger partial charge >= 0.3 is 0 Å². The van der Waals surface area contributed by atoms with Crippen molar-refractivity contribution in [3.63, 3.8) is 0 Å². The molecule has 0 spiro atoms. The van der Waals surface area contributed by atoms with Crippen LogP contribution in [0.4, 0.5) is 0 Å². The minimum Gasteiger partial charge on any atom is -0.496 e. The molecule has 0 saturated heterocycles. The number of carbonyl (C=O) groups excluding carboxylic acids is 1. The van der Waals surface area contributed by atoms with Crippen molar-refractivity contribution in [1.29, 1.82) is 0 Å². The van der Waals surface area contributed by atoms with Crippen molar-refractivity contribution in [1.82, 2.24) is 20.2 Å². The first kappa shape index (κ1) is 22.6. The summed E-state index contributed by atoms with van der Waals surface area (Å²) in [6.07, 6.45) is 5.10. The molecule has 0 unspecified atom stereocenters. The van der Waals surface area contributed by atoms with Crippen molar-refractivity contribution in [3.05, 3.63) is 65.2 Å². The van der Waals surface area contributed by atoms with Crippen molar-refractivity contribution in [2.24, 2.45) is 5.10 Å². The summed E-state index contributed by atoms with van der Waals surface area (Å²) in [6.45, 7) is 2.69. The Morgan fingerprint density at radius 3 is 2.74 bits per heavy atom. The summed E-state index contributed by atoms with van der Waals surface area (Å²) in [4.78, 5) is 12.1. The van der Waals surface area contributed by atoms with Gasteiger partial charge in [0.05, 0.1) is 12.9 Å². The van der Waals surface area contributed by atoms with Gasteiger partial charge in [-0.1, -0.05) is 41.6 Å². The summed E-state index contributed by atoms with van der Waals surface area (Å²) < 4.78 is 7.24. The Labute approximate surface area is 190 Å². The molecule has 0 saturated carbocycles. The maximum absolute atomic E-state index is 12.1. The zero-order valence-electron chi connectivity index (χ0n) is 17.2. The lowest BCUT2D eigenvalue weighted by molar-refractivity contribution is -0.118. The molecule has 9 heteroatoms. The molecule has 1 amide bonds. The van der Waals surface area contributed by atoms with E-state index in [4.69, 9.17) is 16.3 Å². The number of nitrogens with one attached hydrogen (secondary N) is 1. The highest BCUT2D eigenvalue weighted by Gasteiger charge is 2.14. The second-order valence-electron chi connectivity index (χ2n) is 6.26. The number of carbonyl (C=O) groups is 1. The van der Waals surface area contributed by atoms with Crippen LogP contribution < -0.4 is 10.2 Å². The van der Waals surface area contributed by atoms with Gasteiger partial charge in [-0.15, -0.1) is 10.2 Å². The van der Waals surface area contributed by atoms with E-state index in [2.05, 4.69) is 20.7 Å². The van der Waals surface area contributed by atoms with Gasteiger partial charge < -0.3 is 9.30 Å². The van der Waals surface area contributed by atoms with Gasteiger partial charge in [-0.3, -0.25) is 4.79 Å². The fourth-order valence-corrected chi connectivity index (χ4v) is 3.68. The van der Waals surface area contributed by atoms with E-state index in [0.29, 0.717) is 16.7 Å². The predicted molar refractivity (Wildman–Crippen MR) is 126 cm³/mol. The number of hydrogen-bond donors (Lipinski definition) is 1. The van der Waals surface area contributed by atoms with Crippen LogP contribution >= 0.6 is 23.4 Å². The number of benzene rings is 2. The summed E-state index contributed by atoms with van der Waals surface area (Å²) in [5, 5.41) is 13.8. The number of ether oxygens (including phenoxy) is 1. The van der Waals surface area contributed by atoms with Crippen molar-refractivity contribution >= 4 is 41.6 Å². The molecule has 3 aromatic rings. The average Bonchev–Trinajstić information content (AvgIpc) is 3.21. The zero-order chi connectivity index (χ0) is 22.1. The van der Waals surface area contributed by atoms with Crippen LogP contribution in [0.25, 0.3) is 17.5 Å². The normalized spacial score (nSPS) is 11.3. The van der Waals surface area contributed by atoms with Crippen molar-refractivity contribution in [2.45, 2.75) is 18.6 Å². The average molecular weight is 456 g/mol. The number of rotatable bonds is 9. The number of aromatic nitrogens is 3. The molecule has 1 heterocycles. The molecule has 3 rings (SSSR count). The van der Waals surface area contributed by atoms with Crippen LogP contribution in [0.2, 0.25) is 5.02 Å². The number of halogens is 1. The molecular formula is C22H22ClN5O2S. The van der Waals surface area contributed by atoms with E-state index in [1.807, 2.05) is 66.1 Å². The van der Waals surface area contributed by atoms with E-state index in [-0.39, 0.29) is 11.7 Å².